The van der Waals surface area contributed by atoms with Crippen LogP contribution in [0.2, 0.25) is 0 Å². The maximum absolute atomic E-state index is 12.2. The quantitative estimate of drug-likeness (QED) is 0.326. The average Bonchev–Trinajstić information content (AvgIpc) is 3.22. The molecule has 158 valence electrons. The van der Waals surface area contributed by atoms with Gasteiger partial charge in [0.05, 0.1) is 0 Å². The van der Waals surface area contributed by atoms with E-state index in [0.717, 1.165) is 42.7 Å². The molecule has 1 amide bonds. The van der Waals surface area contributed by atoms with Crippen molar-refractivity contribution in [2.75, 3.05) is 44.4 Å². The van der Waals surface area contributed by atoms with Crippen LogP contribution in [0.4, 0.5) is 4.79 Å². The second-order valence-corrected chi connectivity index (χ2v) is 18.6. The molecule has 0 bridgehead atoms. The monoisotopic (exact) mass is 617 g/mol. The summed E-state index contributed by atoms with van der Waals surface area (Å²) in [4.78, 5) is 14.0. The van der Waals surface area contributed by atoms with E-state index in [-0.39, 0.29) is 18.3 Å². The predicted molar refractivity (Wildman–Crippen MR) is 125 cm³/mol. The second kappa shape index (κ2) is 11.9. The van der Waals surface area contributed by atoms with Gasteiger partial charge in [0.2, 0.25) is 0 Å². The maximum atomic E-state index is 12.2. The molecule has 0 radical (unpaired) electrons. The fourth-order valence-electron chi connectivity index (χ4n) is 3.39. The minimum atomic E-state index is -1.14. The molecule has 2 fully saturated rings. The number of benzene rings is 1. The van der Waals surface area contributed by atoms with Crippen LogP contribution in [0.3, 0.4) is 0 Å². The molecule has 2 atom stereocenters. The Bertz CT molecular complexity index is 598. The Morgan fingerprint density at radius 1 is 1.25 bits per heavy atom. The van der Waals surface area contributed by atoms with E-state index in [1.54, 1.807) is 12.0 Å². The van der Waals surface area contributed by atoms with Gasteiger partial charge in [-0.2, -0.15) is 0 Å². The molecule has 0 N–H and O–H groups in total. The molecule has 6 nitrogen and oxygen atoms in total. The van der Waals surface area contributed by atoms with E-state index in [4.69, 9.17) is 18.9 Å². The summed E-state index contributed by atoms with van der Waals surface area (Å²) in [6.07, 6.45) is 2.05. The Labute approximate surface area is 184 Å². The molecule has 0 saturated carbocycles. The Balaban J connectivity index is 1.30. The van der Waals surface area contributed by atoms with Crippen molar-refractivity contribution in [3.05, 3.63) is 35.9 Å². The van der Waals surface area contributed by atoms with Crippen LogP contribution in [0.25, 0.3) is 0 Å². The van der Waals surface area contributed by atoms with Gasteiger partial charge in [0, 0.05) is 0 Å². The summed E-state index contributed by atoms with van der Waals surface area (Å²) in [5.74, 6) is 0. The molecule has 2 saturated heterocycles. The van der Waals surface area contributed by atoms with Gasteiger partial charge in [-0.25, -0.2) is 0 Å². The third kappa shape index (κ3) is 6.68. The van der Waals surface area contributed by atoms with Gasteiger partial charge < -0.3 is 0 Å². The van der Waals surface area contributed by atoms with E-state index in [1.807, 2.05) is 30.3 Å². The molecule has 2 heterocycles. The summed E-state index contributed by atoms with van der Waals surface area (Å²) in [5, 5.41) is 0. The fraction of sp³-hybridized carbons (Fsp3) is 0.650. The summed E-state index contributed by atoms with van der Waals surface area (Å²) < 4.78 is 24.4. The average molecular weight is 617 g/mol. The van der Waals surface area contributed by atoms with E-state index >= 15 is 0 Å². The second-order valence-electron chi connectivity index (χ2n) is 6.95. The number of nitrogens with zero attached hydrogens (tertiary/aromatic N) is 1. The number of carbonyl (C=O) groups excluding carboxylic acids is 1. The molecule has 2 aliphatic heterocycles. The van der Waals surface area contributed by atoms with Crippen LogP contribution in [0.15, 0.2) is 30.3 Å². The summed E-state index contributed by atoms with van der Waals surface area (Å²) in [5.41, 5.74) is 1.01. The van der Waals surface area contributed by atoms with Crippen molar-refractivity contribution in [1.29, 1.82) is 0 Å². The number of halogens is 2. The number of carbonyl (C=O) groups is 1. The zero-order valence-electron chi connectivity index (χ0n) is 16.2. The standard InChI is InChI=1S/C20H29I2NO5/c1-25-19-15-26-14-18(19)22(21)9-12-27-17-7-10-23(11-8-17)20(24)28-13-16-5-3-2-4-6-16/h2-6,17-19H,7-15H2,1H3. The number of hydrogen-bond donors (Lipinski definition) is 0. The number of rotatable bonds is 8. The first-order chi connectivity index (χ1) is 13.7. The van der Waals surface area contributed by atoms with E-state index in [1.165, 1.54) is 0 Å². The summed E-state index contributed by atoms with van der Waals surface area (Å²) in [6, 6.07) is 9.78. The van der Waals surface area contributed by atoms with Crippen LogP contribution in [-0.4, -0.2) is 71.6 Å². The van der Waals surface area contributed by atoms with Crippen molar-refractivity contribution in [2.24, 2.45) is 0 Å². The summed E-state index contributed by atoms with van der Waals surface area (Å²) >= 11 is 1.50. The molecular weight excluding hydrogens is 588 g/mol. The third-order valence-electron chi connectivity index (χ3n) is 5.09. The number of methoxy groups -OCH3 is 1. The van der Waals surface area contributed by atoms with Crippen LogP contribution in [-0.2, 0) is 25.6 Å². The molecular formula is C20H29I2NO5. The molecule has 2 aliphatic rings. The zero-order chi connectivity index (χ0) is 19.8. The molecule has 0 spiro atoms. The number of hydrogen-bond acceptors (Lipinski definition) is 5. The van der Waals surface area contributed by atoms with Gasteiger partial charge in [0.15, 0.2) is 0 Å². The molecule has 8 heteroatoms. The van der Waals surface area contributed by atoms with Crippen molar-refractivity contribution < 1.29 is 23.7 Å². The van der Waals surface area contributed by atoms with Gasteiger partial charge in [-0.05, 0) is 0 Å². The van der Waals surface area contributed by atoms with Crippen LogP contribution in [0.5, 0.6) is 0 Å². The van der Waals surface area contributed by atoms with Crippen LogP contribution in [0, 0.1) is 0 Å². The van der Waals surface area contributed by atoms with Crippen molar-refractivity contribution in [1.82, 2.24) is 4.90 Å². The molecule has 2 unspecified atom stereocenters. The van der Waals surface area contributed by atoms with Crippen molar-refractivity contribution >= 4 is 40.6 Å². The van der Waals surface area contributed by atoms with Gasteiger partial charge in [-0.1, -0.05) is 18.2 Å². The van der Waals surface area contributed by atoms with Crippen LogP contribution in [0.1, 0.15) is 18.4 Å². The number of piperidine rings is 1. The molecule has 1 aromatic rings. The van der Waals surface area contributed by atoms with Crippen molar-refractivity contribution in [3.8, 4) is 0 Å². The number of likely N-dealkylation sites (tertiary alicyclic amines) is 1. The molecule has 0 aromatic heterocycles. The first-order valence-corrected chi connectivity index (χ1v) is 18.7. The molecule has 0 aliphatic carbocycles. The number of alkyl halides is 2. The van der Waals surface area contributed by atoms with E-state index in [2.05, 4.69) is 18.6 Å². The van der Waals surface area contributed by atoms with E-state index < -0.39 is 15.8 Å². The first kappa shape index (κ1) is 22.5. The Hall–Kier alpha value is -0.170. The third-order valence-corrected chi connectivity index (χ3v) is 16.2. The number of amides is 1. The van der Waals surface area contributed by atoms with Gasteiger partial charge >= 0.3 is 167 Å². The topological polar surface area (TPSA) is 57.2 Å². The Morgan fingerprint density at radius 3 is 2.71 bits per heavy atom. The van der Waals surface area contributed by atoms with E-state index in [0.29, 0.717) is 23.6 Å². The summed E-state index contributed by atoms with van der Waals surface area (Å²) in [6.45, 7) is 4.11. The summed E-state index contributed by atoms with van der Waals surface area (Å²) in [7, 11) is 1.78. The van der Waals surface area contributed by atoms with Gasteiger partial charge in [-0.3, -0.25) is 0 Å². The SMILES string of the molecule is COC1COCC1I(I)CCOC1CCN(C(=O)OCc2ccccc2)CC1. The zero-order valence-corrected chi connectivity index (χ0v) is 20.5. The van der Waals surface area contributed by atoms with Crippen LogP contribution < -0.4 is 0 Å². The van der Waals surface area contributed by atoms with Gasteiger partial charge in [0.1, 0.15) is 0 Å². The van der Waals surface area contributed by atoms with Crippen molar-refractivity contribution in [2.45, 2.75) is 35.6 Å². The number of ether oxygens (including phenoxy) is 4. The van der Waals surface area contributed by atoms with E-state index in [9.17, 15) is 4.79 Å². The first-order valence-electron chi connectivity index (χ1n) is 9.66. The molecule has 3 rings (SSSR count). The van der Waals surface area contributed by atoms with Crippen LogP contribution >= 0.6 is 34.5 Å². The normalized spacial score (nSPS) is 23.6. The molecule has 28 heavy (non-hydrogen) atoms. The van der Waals surface area contributed by atoms with Crippen molar-refractivity contribution in [3.63, 3.8) is 0 Å². The fourth-order valence-corrected chi connectivity index (χ4v) is 10.9. The van der Waals surface area contributed by atoms with Gasteiger partial charge in [-0.15, -0.1) is 0 Å². The minimum absolute atomic E-state index is 0.227. The Morgan fingerprint density at radius 2 is 2.00 bits per heavy atom. The molecule has 1 aromatic carbocycles. The Kier molecular flexibility index (Phi) is 9.55. The van der Waals surface area contributed by atoms with Gasteiger partial charge in [0.25, 0.3) is 0 Å². The predicted octanol–water partition coefficient (Wildman–Crippen LogP) is 4.07.